The number of benzene rings is 2. The Balaban J connectivity index is 1.86. The highest BCUT2D eigenvalue weighted by Gasteiger charge is 2.08. The van der Waals surface area contributed by atoms with Crippen molar-refractivity contribution >= 4 is 5.91 Å². The Labute approximate surface area is 123 Å². The zero-order valence-corrected chi connectivity index (χ0v) is 11.2. The van der Waals surface area contributed by atoms with E-state index in [4.69, 9.17) is 0 Å². The highest BCUT2D eigenvalue weighted by atomic mass is 19.1. The summed E-state index contributed by atoms with van der Waals surface area (Å²) >= 11 is 0. The minimum absolute atomic E-state index is 0.00895. The van der Waals surface area contributed by atoms with Crippen molar-refractivity contribution in [1.29, 1.82) is 0 Å². The van der Waals surface area contributed by atoms with Gasteiger partial charge in [-0.1, -0.05) is 42.2 Å². The Morgan fingerprint density at radius 1 is 1.00 bits per heavy atom. The highest BCUT2D eigenvalue weighted by molar-refractivity contribution is 5.94. The van der Waals surface area contributed by atoms with E-state index in [2.05, 4.69) is 29.0 Å². The SMILES string of the molecule is O=C(NCC#CC#Cc1ccccc1)c1ccccc1F. The van der Waals surface area contributed by atoms with Gasteiger partial charge in [0, 0.05) is 5.56 Å². The van der Waals surface area contributed by atoms with E-state index >= 15 is 0 Å². The first-order chi connectivity index (χ1) is 10.3. The van der Waals surface area contributed by atoms with Crippen molar-refractivity contribution in [3.63, 3.8) is 0 Å². The summed E-state index contributed by atoms with van der Waals surface area (Å²) in [4.78, 5) is 11.7. The number of amides is 1. The zero-order chi connectivity index (χ0) is 14.9. The van der Waals surface area contributed by atoms with E-state index < -0.39 is 11.7 Å². The standard InChI is InChI=1S/C18H12FNO/c19-17-13-7-6-12-16(17)18(21)20-14-8-2-5-11-15-9-3-1-4-10-15/h1,3-4,6-7,9-10,12-13H,14H2,(H,20,21). The van der Waals surface area contributed by atoms with Crippen molar-refractivity contribution < 1.29 is 9.18 Å². The van der Waals surface area contributed by atoms with Gasteiger partial charge in [0.25, 0.3) is 5.91 Å². The molecule has 0 spiro atoms. The molecule has 0 bridgehead atoms. The summed E-state index contributed by atoms with van der Waals surface area (Å²) in [6.07, 6.45) is 0. The molecule has 0 aromatic heterocycles. The van der Waals surface area contributed by atoms with Gasteiger partial charge in [0.1, 0.15) is 5.82 Å². The molecule has 0 aliphatic heterocycles. The summed E-state index contributed by atoms with van der Waals surface area (Å²) in [5.41, 5.74) is 0.886. The molecule has 0 heterocycles. The van der Waals surface area contributed by atoms with Crippen LogP contribution in [0.15, 0.2) is 54.6 Å². The molecular weight excluding hydrogens is 265 g/mol. The van der Waals surface area contributed by atoms with Crippen LogP contribution in [0.4, 0.5) is 4.39 Å². The molecule has 0 unspecified atom stereocenters. The lowest BCUT2D eigenvalue weighted by Gasteiger charge is -2.01. The molecule has 0 saturated carbocycles. The average Bonchev–Trinajstić information content (AvgIpc) is 2.52. The maximum atomic E-state index is 13.3. The number of nitrogens with one attached hydrogen (secondary N) is 1. The smallest absolute Gasteiger partial charge is 0.255 e. The lowest BCUT2D eigenvalue weighted by Crippen LogP contribution is -2.24. The van der Waals surface area contributed by atoms with Gasteiger partial charge in [-0.25, -0.2) is 4.39 Å². The first kappa shape index (κ1) is 14.4. The molecule has 2 aromatic carbocycles. The Bertz CT molecular complexity index is 745. The Morgan fingerprint density at radius 3 is 2.48 bits per heavy atom. The molecule has 2 rings (SSSR count). The van der Waals surface area contributed by atoms with Crippen LogP contribution in [0.1, 0.15) is 15.9 Å². The fourth-order valence-corrected chi connectivity index (χ4v) is 1.58. The predicted molar refractivity (Wildman–Crippen MR) is 79.8 cm³/mol. The molecule has 0 radical (unpaired) electrons. The summed E-state index contributed by atoms with van der Waals surface area (Å²) in [7, 11) is 0. The van der Waals surface area contributed by atoms with Crippen LogP contribution in [0.25, 0.3) is 0 Å². The quantitative estimate of drug-likeness (QED) is 0.840. The van der Waals surface area contributed by atoms with Crippen molar-refractivity contribution in [2.24, 2.45) is 0 Å². The summed E-state index contributed by atoms with van der Waals surface area (Å²) < 4.78 is 13.3. The Morgan fingerprint density at radius 2 is 1.71 bits per heavy atom. The first-order valence-electron chi connectivity index (χ1n) is 6.34. The van der Waals surface area contributed by atoms with Gasteiger partial charge < -0.3 is 5.32 Å². The molecule has 0 atom stereocenters. The van der Waals surface area contributed by atoms with E-state index in [1.54, 1.807) is 6.07 Å². The van der Waals surface area contributed by atoms with Crippen LogP contribution in [0.2, 0.25) is 0 Å². The fourth-order valence-electron chi connectivity index (χ4n) is 1.58. The van der Waals surface area contributed by atoms with Gasteiger partial charge in [-0.2, -0.15) is 0 Å². The third-order valence-corrected chi connectivity index (χ3v) is 2.59. The second-order valence-corrected chi connectivity index (χ2v) is 4.08. The number of carbonyl (C=O) groups excluding carboxylic acids is 1. The van der Waals surface area contributed by atoms with Crippen LogP contribution < -0.4 is 5.32 Å². The van der Waals surface area contributed by atoms with Gasteiger partial charge in [-0.15, -0.1) is 0 Å². The monoisotopic (exact) mass is 277 g/mol. The minimum Gasteiger partial charge on any atom is -0.341 e. The van der Waals surface area contributed by atoms with Gasteiger partial charge in [-0.3, -0.25) is 4.79 Å². The lowest BCUT2D eigenvalue weighted by atomic mass is 10.2. The number of carbonyl (C=O) groups is 1. The third-order valence-electron chi connectivity index (χ3n) is 2.59. The second kappa shape index (κ2) is 7.53. The summed E-state index contributed by atoms with van der Waals surface area (Å²) in [6.45, 7) is 0.122. The van der Waals surface area contributed by atoms with Gasteiger partial charge in [0.2, 0.25) is 0 Å². The predicted octanol–water partition coefficient (Wildman–Crippen LogP) is 2.61. The van der Waals surface area contributed by atoms with E-state index in [1.807, 2.05) is 30.3 Å². The molecule has 102 valence electrons. The second-order valence-electron chi connectivity index (χ2n) is 4.08. The highest BCUT2D eigenvalue weighted by Crippen LogP contribution is 2.05. The minimum atomic E-state index is -0.549. The Kier molecular flexibility index (Phi) is 5.15. The van der Waals surface area contributed by atoms with E-state index in [0.29, 0.717) is 0 Å². The molecule has 0 saturated heterocycles. The molecule has 3 heteroatoms. The van der Waals surface area contributed by atoms with E-state index in [0.717, 1.165) is 5.56 Å². The summed E-state index contributed by atoms with van der Waals surface area (Å²) in [6, 6.07) is 15.3. The van der Waals surface area contributed by atoms with E-state index in [1.165, 1.54) is 18.2 Å². The third kappa shape index (κ3) is 4.53. The molecule has 0 fully saturated rings. The van der Waals surface area contributed by atoms with Crippen molar-refractivity contribution in [3.8, 4) is 23.7 Å². The molecule has 1 amide bonds. The Hall–Kier alpha value is -3.04. The summed E-state index contributed by atoms with van der Waals surface area (Å²) in [5, 5.41) is 2.52. The maximum absolute atomic E-state index is 13.3. The van der Waals surface area contributed by atoms with Crippen LogP contribution in [-0.4, -0.2) is 12.5 Å². The zero-order valence-electron chi connectivity index (χ0n) is 11.2. The molecule has 0 aliphatic carbocycles. The van der Waals surface area contributed by atoms with E-state index in [-0.39, 0.29) is 12.1 Å². The topological polar surface area (TPSA) is 29.1 Å². The van der Waals surface area contributed by atoms with Crippen LogP contribution in [0.5, 0.6) is 0 Å². The molecule has 21 heavy (non-hydrogen) atoms. The van der Waals surface area contributed by atoms with Gasteiger partial charge >= 0.3 is 0 Å². The van der Waals surface area contributed by atoms with Crippen molar-refractivity contribution in [1.82, 2.24) is 5.32 Å². The molecule has 0 aliphatic rings. The van der Waals surface area contributed by atoms with Gasteiger partial charge in [0.15, 0.2) is 0 Å². The van der Waals surface area contributed by atoms with Crippen molar-refractivity contribution in [2.75, 3.05) is 6.54 Å². The maximum Gasteiger partial charge on any atom is 0.255 e. The largest absolute Gasteiger partial charge is 0.341 e. The normalized spacial score (nSPS) is 8.81. The van der Waals surface area contributed by atoms with Crippen LogP contribution in [0, 0.1) is 29.5 Å². The van der Waals surface area contributed by atoms with Crippen LogP contribution in [-0.2, 0) is 0 Å². The molecule has 2 aromatic rings. The number of hydrogen-bond donors (Lipinski definition) is 1. The first-order valence-corrected chi connectivity index (χ1v) is 6.34. The van der Waals surface area contributed by atoms with Crippen molar-refractivity contribution in [2.45, 2.75) is 0 Å². The van der Waals surface area contributed by atoms with Gasteiger partial charge in [-0.05, 0) is 36.1 Å². The number of rotatable bonds is 2. The molecule has 2 nitrogen and oxygen atoms in total. The van der Waals surface area contributed by atoms with Crippen LogP contribution >= 0.6 is 0 Å². The van der Waals surface area contributed by atoms with E-state index in [9.17, 15) is 9.18 Å². The number of hydrogen-bond acceptors (Lipinski definition) is 1. The van der Waals surface area contributed by atoms with Crippen LogP contribution in [0.3, 0.4) is 0 Å². The van der Waals surface area contributed by atoms with Gasteiger partial charge in [0.05, 0.1) is 12.1 Å². The average molecular weight is 277 g/mol. The lowest BCUT2D eigenvalue weighted by molar-refractivity contribution is 0.0954. The molecule has 1 N–H and O–H groups in total. The summed E-state index contributed by atoms with van der Waals surface area (Å²) in [5.74, 6) is 9.86. The number of halogens is 1. The van der Waals surface area contributed by atoms with Crippen molar-refractivity contribution in [3.05, 3.63) is 71.5 Å². The fraction of sp³-hybridized carbons (Fsp3) is 0.0556. The molecular formula is C18H12FNO.